The minimum absolute atomic E-state index is 0.642. The number of pyridine rings is 1. The molecule has 3 heteroatoms. The third-order valence-corrected chi connectivity index (χ3v) is 3.88. The van der Waals surface area contributed by atoms with E-state index in [1.807, 2.05) is 47.0 Å². The molecule has 0 aliphatic rings. The molecule has 0 amide bonds. The highest BCUT2D eigenvalue weighted by atomic mass is 35.5. The lowest BCUT2D eigenvalue weighted by Gasteiger charge is -2.04. The van der Waals surface area contributed by atoms with Crippen LogP contribution < -0.4 is 0 Å². The Kier molecular flexibility index (Phi) is 3.33. The van der Waals surface area contributed by atoms with Gasteiger partial charge in [-0.2, -0.15) is 0 Å². The van der Waals surface area contributed by atoms with Gasteiger partial charge >= 0.3 is 0 Å². The van der Waals surface area contributed by atoms with Gasteiger partial charge < -0.3 is 4.40 Å². The highest BCUT2D eigenvalue weighted by molar-refractivity contribution is 6.33. The Morgan fingerprint density at radius 2 is 1.95 bits per heavy atom. The summed E-state index contributed by atoms with van der Waals surface area (Å²) in [4.78, 5) is 11.5. The van der Waals surface area contributed by atoms with Crippen molar-refractivity contribution < 1.29 is 4.79 Å². The fourth-order valence-electron chi connectivity index (χ4n) is 2.46. The van der Waals surface area contributed by atoms with E-state index in [1.165, 1.54) is 5.56 Å². The van der Waals surface area contributed by atoms with Gasteiger partial charge in [-0.3, -0.25) is 4.79 Å². The van der Waals surface area contributed by atoms with Gasteiger partial charge in [0.1, 0.15) is 0 Å². The summed E-state index contributed by atoms with van der Waals surface area (Å²) in [5.41, 5.74) is 4.60. The summed E-state index contributed by atoms with van der Waals surface area (Å²) in [5, 5.41) is 0.655. The predicted octanol–water partition coefficient (Wildman–Crippen LogP) is 4.63. The van der Waals surface area contributed by atoms with Gasteiger partial charge in [-0.1, -0.05) is 42.8 Å². The lowest BCUT2D eigenvalue weighted by molar-refractivity contribution is 0.111. The van der Waals surface area contributed by atoms with Crippen molar-refractivity contribution in [2.75, 3.05) is 0 Å². The van der Waals surface area contributed by atoms with Gasteiger partial charge in [-0.15, -0.1) is 0 Å². The van der Waals surface area contributed by atoms with E-state index in [9.17, 15) is 4.79 Å². The third-order valence-electron chi connectivity index (χ3n) is 3.55. The molecule has 0 bridgehead atoms. The number of nitrogens with zero attached hydrogens (tertiary/aromatic N) is 1. The largest absolute Gasteiger partial charge is 0.313 e. The van der Waals surface area contributed by atoms with E-state index in [1.54, 1.807) is 0 Å². The first-order valence-corrected chi connectivity index (χ1v) is 6.96. The molecular formula is C17H14ClNO. The van der Waals surface area contributed by atoms with Crippen molar-refractivity contribution in [3.8, 4) is 11.1 Å². The number of aryl methyl sites for hydroxylation is 1. The van der Waals surface area contributed by atoms with Crippen molar-refractivity contribution in [2.45, 2.75) is 13.3 Å². The number of carbonyl (C=O) groups excluding carboxylic acids is 1. The molecule has 0 N–H and O–H groups in total. The summed E-state index contributed by atoms with van der Waals surface area (Å²) in [7, 11) is 0. The summed E-state index contributed by atoms with van der Waals surface area (Å²) in [5.74, 6) is 0. The van der Waals surface area contributed by atoms with Crippen LogP contribution in [0.3, 0.4) is 0 Å². The predicted molar refractivity (Wildman–Crippen MR) is 82.6 cm³/mol. The van der Waals surface area contributed by atoms with Crippen molar-refractivity contribution in [1.29, 1.82) is 0 Å². The SMILES string of the molecule is CCc1ccc2cc(-c3ccccc3Cl)c(C=O)n2c1. The highest BCUT2D eigenvalue weighted by Crippen LogP contribution is 2.32. The second-order valence-corrected chi connectivity index (χ2v) is 5.13. The first kappa shape index (κ1) is 12.9. The quantitative estimate of drug-likeness (QED) is 0.642. The number of aldehydes is 1. The molecule has 0 unspecified atom stereocenters. The van der Waals surface area contributed by atoms with Crippen LogP contribution in [-0.2, 0) is 6.42 Å². The number of rotatable bonds is 3. The maximum Gasteiger partial charge on any atom is 0.167 e. The Morgan fingerprint density at radius 1 is 1.15 bits per heavy atom. The Balaban J connectivity index is 2.31. The van der Waals surface area contributed by atoms with E-state index in [4.69, 9.17) is 11.6 Å². The molecular weight excluding hydrogens is 270 g/mol. The molecule has 2 nitrogen and oxygen atoms in total. The number of aromatic nitrogens is 1. The molecule has 3 rings (SSSR count). The Labute approximate surface area is 122 Å². The molecule has 0 spiro atoms. The average molecular weight is 284 g/mol. The molecule has 0 fully saturated rings. The van der Waals surface area contributed by atoms with E-state index < -0.39 is 0 Å². The van der Waals surface area contributed by atoms with E-state index in [2.05, 4.69) is 13.0 Å². The molecule has 0 atom stereocenters. The molecule has 20 heavy (non-hydrogen) atoms. The van der Waals surface area contributed by atoms with Crippen LogP contribution >= 0.6 is 11.6 Å². The molecule has 3 aromatic rings. The lowest BCUT2D eigenvalue weighted by Crippen LogP contribution is -1.94. The summed E-state index contributed by atoms with van der Waals surface area (Å²) in [6.07, 6.45) is 3.85. The molecule has 0 saturated carbocycles. The number of hydrogen-bond donors (Lipinski definition) is 0. The maximum absolute atomic E-state index is 11.5. The van der Waals surface area contributed by atoms with Gasteiger partial charge in [0.25, 0.3) is 0 Å². The molecule has 2 aromatic heterocycles. The highest BCUT2D eigenvalue weighted by Gasteiger charge is 2.13. The Morgan fingerprint density at radius 3 is 2.65 bits per heavy atom. The standard InChI is InChI=1S/C17H14ClNO/c1-2-12-7-8-13-9-15(17(11-20)19(13)10-12)14-5-3-4-6-16(14)18/h3-11H,2H2,1H3. The summed E-state index contributed by atoms with van der Waals surface area (Å²) in [6.45, 7) is 2.10. The van der Waals surface area contributed by atoms with Crippen molar-refractivity contribution in [3.05, 3.63) is 64.9 Å². The zero-order valence-electron chi connectivity index (χ0n) is 11.1. The molecule has 0 aliphatic carbocycles. The first-order chi connectivity index (χ1) is 9.74. The van der Waals surface area contributed by atoms with Crippen LogP contribution in [0.5, 0.6) is 0 Å². The minimum Gasteiger partial charge on any atom is -0.313 e. The van der Waals surface area contributed by atoms with E-state index in [-0.39, 0.29) is 0 Å². The van der Waals surface area contributed by atoms with Crippen LogP contribution in [0.15, 0.2) is 48.7 Å². The average Bonchev–Trinajstić information content (AvgIpc) is 2.84. The molecule has 0 radical (unpaired) electrons. The van der Waals surface area contributed by atoms with E-state index in [0.717, 1.165) is 29.4 Å². The van der Waals surface area contributed by atoms with E-state index in [0.29, 0.717) is 10.7 Å². The molecule has 2 heterocycles. The molecule has 0 aliphatic heterocycles. The van der Waals surface area contributed by atoms with Gasteiger partial charge in [0.15, 0.2) is 6.29 Å². The van der Waals surface area contributed by atoms with Crippen LogP contribution in [0.25, 0.3) is 16.6 Å². The Hall–Kier alpha value is -2.06. The minimum atomic E-state index is 0.642. The van der Waals surface area contributed by atoms with Crippen LogP contribution in [0, 0.1) is 0 Å². The molecule has 0 saturated heterocycles. The van der Waals surface area contributed by atoms with Gasteiger partial charge in [-0.25, -0.2) is 0 Å². The fraction of sp³-hybridized carbons (Fsp3) is 0.118. The Bertz CT molecular complexity index is 789. The summed E-state index contributed by atoms with van der Waals surface area (Å²) in [6, 6.07) is 13.7. The zero-order valence-corrected chi connectivity index (χ0v) is 11.9. The van der Waals surface area contributed by atoms with Crippen LogP contribution in [0.4, 0.5) is 0 Å². The smallest absolute Gasteiger partial charge is 0.167 e. The number of hydrogen-bond acceptors (Lipinski definition) is 1. The van der Waals surface area contributed by atoms with Crippen molar-refractivity contribution >= 4 is 23.4 Å². The van der Waals surface area contributed by atoms with Crippen LogP contribution in [0.1, 0.15) is 23.0 Å². The second-order valence-electron chi connectivity index (χ2n) is 4.73. The van der Waals surface area contributed by atoms with Gasteiger partial charge in [0, 0.05) is 27.9 Å². The van der Waals surface area contributed by atoms with Crippen LogP contribution in [-0.4, -0.2) is 10.7 Å². The second kappa shape index (κ2) is 5.14. The van der Waals surface area contributed by atoms with Gasteiger partial charge in [0.05, 0.1) is 5.69 Å². The maximum atomic E-state index is 11.5. The fourth-order valence-corrected chi connectivity index (χ4v) is 2.70. The monoisotopic (exact) mass is 283 g/mol. The van der Waals surface area contributed by atoms with E-state index >= 15 is 0 Å². The summed E-state index contributed by atoms with van der Waals surface area (Å²) >= 11 is 6.25. The number of benzene rings is 1. The van der Waals surface area contributed by atoms with Gasteiger partial charge in [0.2, 0.25) is 0 Å². The van der Waals surface area contributed by atoms with Gasteiger partial charge in [-0.05, 0) is 30.2 Å². The number of carbonyl (C=O) groups is 1. The topological polar surface area (TPSA) is 21.5 Å². The molecule has 100 valence electrons. The lowest BCUT2D eigenvalue weighted by atomic mass is 10.1. The number of halogens is 1. The van der Waals surface area contributed by atoms with Crippen molar-refractivity contribution in [1.82, 2.24) is 4.40 Å². The first-order valence-electron chi connectivity index (χ1n) is 6.58. The molecule has 1 aromatic carbocycles. The van der Waals surface area contributed by atoms with Crippen molar-refractivity contribution in [3.63, 3.8) is 0 Å². The number of fused-ring (bicyclic) bond motifs is 1. The van der Waals surface area contributed by atoms with Crippen molar-refractivity contribution in [2.24, 2.45) is 0 Å². The zero-order chi connectivity index (χ0) is 14.1. The third kappa shape index (κ3) is 2.02. The van der Waals surface area contributed by atoms with Crippen LogP contribution in [0.2, 0.25) is 5.02 Å². The summed E-state index contributed by atoms with van der Waals surface area (Å²) < 4.78 is 1.94. The normalized spacial score (nSPS) is 10.9.